The molecule has 0 spiro atoms. The molecule has 0 bridgehead atoms. The van der Waals surface area contributed by atoms with Gasteiger partial charge in [-0.1, -0.05) is 0 Å². The number of anilines is 1. The van der Waals surface area contributed by atoms with Crippen molar-refractivity contribution in [2.24, 2.45) is 0 Å². The third-order valence-electron chi connectivity index (χ3n) is 3.01. The highest BCUT2D eigenvalue weighted by molar-refractivity contribution is 5.98. The van der Waals surface area contributed by atoms with E-state index >= 15 is 0 Å². The van der Waals surface area contributed by atoms with Crippen molar-refractivity contribution in [3.05, 3.63) is 24.3 Å². The molecule has 0 saturated heterocycles. The average Bonchev–Trinajstić information content (AvgIpc) is 2.53. The largest absolute Gasteiger partial charge is 0.492 e. The molecule has 4 N–H and O–H groups in total. The van der Waals surface area contributed by atoms with Gasteiger partial charge in [-0.2, -0.15) is 0 Å². The van der Waals surface area contributed by atoms with E-state index in [1.54, 1.807) is 24.3 Å². The average molecular weight is 325 g/mol. The van der Waals surface area contributed by atoms with E-state index in [-0.39, 0.29) is 0 Å². The predicted molar refractivity (Wildman–Crippen MR) is 85.2 cm³/mol. The van der Waals surface area contributed by atoms with Crippen LogP contribution in [0.3, 0.4) is 0 Å². The first-order chi connectivity index (χ1) is 10.8. The summed E-state index contributed by atoms with van der Waals surface area (Å²) in [6.07, 6.45) is -3.68. The molecule has 0 aromatic heterocycles. The number of carbonyl (C=O) groups is 2. The Labute approximate surface area is 135 Å². The van der Waals surface area contributed by atoms with E-state index in [4.69, 9.17) is 4.74 Å². The second-order valence-electron chi connectivity index (χ2n) is 5.17. The number of hydrogen-bond acceptors (Lipinski definition) is 6. The molecule has 1 aromatic carbocycles. The molecule has 0 fully saturated rings. The fraction of sp³-hybridized carbons (Fsp3) is 0.467. The molecule has 2 unspecified atom stereocenters. The second kappa shape index (κ2) is 9.09. The smallest absolute Gasteiger partial charge is 0.256 e. The van der Waals surface area contributed by atoms with Crippen LogP contribution in [0.5, 0.6) is 5.75 Å². The molecule has 2 amide bonds. The lowest BCUT2D eigenvalue weighted by atomic mass is 10.1. The first kappa shape index (κ1) is 18.9. The predicted octanol–water partition coefficient (Wildman–Crippen LogP) is -0.967. The summed E-state index contributed by atoms with van der Waals surface area (Å²) < 4.78 is 5.51. The number of aliphatic hydroxyl groups excluding tert-OH is 2. The Bertz CT molecular complexity index is 518. The Balaban J connectivity index is 2.54. The van der Waals surface area contributed by atoms with Gasteiger partial charge in [0.1, 0.15) is 12.4 Å². The summed E-state index contributed by atoms with van der Waals surface area (Å²) >= 11 is 0. The van der Waals surface area contributed by atoms with Gasteiger partial charge in [0.05, 0.1) is 0 Å². The number of rotatable bonds is 8. The summed E-state index contributed by atoms with van der Waals surface area (Å²) in [5.41, 5.74) is 0.415. The molecule has 0 radical (unpaired) electrons. The van der Waals surface area contributed by atoms with Gasteiger partial charge in [-0.25, -0.2) is 0 Å². The molecule has 8 heteroatoms. The van der Waals surface area contributed by atoms with Crippen LogP contribution < -0.4 is 15.4 Å². The maximum atomic E-state index is 11.8. The Morgan fingerprint density at radius 3 is 2.22 bits per heavy atom. The van der Waals surface area contributed by atoms with Crippen molar-refractivity contribution in [2.45, 2.75) is 12.2 Å². The topological polar surface area (TPSA) is 111 Å². The van der Waals surface area contributed by atoms with E-state index in [1.807, 2.05) is 19.0 Å². The monoisotopic (exact) mass is 325 g/mol. The molecule has 23 heavy (non-hydrogen) atoms. The van der Waals surface area contributed by atoms with Crippen LogP contribution >= 0.6 is 0 Å². The minimum Gasteiger partial charge on any atom is -0.492 e. The van der Waals surface area contributed by atoms with Gasteiger partial charge in [0.15, 0.2) is 12.2 Å². The summed E-state index contributed by atoms with van der Waals surface area (Å²) in [7, 11) is 5.19. The summed E-state index contributed by atoms with van der Waals surface area (Å²) in [4.78, 5) is 24.9. The molecule has 0 aliphatic rings. The van der Waals surface area contributed by atoms with Gasteiger partial charge in [-0.15, -0.1) is 0 Å². The van der Waals surface area contributed by atoms with E-state index in [1.165, 1.54) is 7.05 Å². The van der Waals surface area contributed by atoms with Gasteiger partial charge >= 0.3 is 0 Å². The first-order valence-corrected chi connectivity index (χ1v) is 7.11. The van der Waals surface area contributed by atoms with Crippen LogP contribution in [-0.4, -0.2) is 73.4 Å². The van der Waals surface area contributed by atoms with Crippen molar-refractivity contribution in [1.82, 2.24) is 10.2 Å². The van der Waals surface area contributed by atoms with Gasteiger partial charge in [0.25, 0.3) is 11.8 Å². The Morgan fingerprint density at radius 2 is 1.70 bits per heavy atom. The van der Waals surface area contributed by atoms with Crippen LogP contribution in [0, 0.1) is 0 Å². The number of nitrogens with zero attached hydrogens (tertiary/aromatic N) is 1. The van der Waals surface area contributed by atoms with Crippen molar-refractivity contribution in [3.8, 4) is 5.75 Å². The van der Waals surface area contributed by atoms with Gasteiger partial charge in [-0.05, 0) is 38.4 Å². The number of aliphatic hydroxyl groups is 2. The zero-order chi connectivity index (χ0) is 17.4. The number of hydrogen-bond donors (Lipinski definition) is 4. The van der Waals surface area contributed by atoms with Crippen molar-refractivity contribution in [1.29, 1.82) is 0 Å². The molecule has 1 rings (SSSR count). The standard InChI is InChI=1S/C15H23N3O5/c1-16-14(21)12(19)13(20)15(22)17-10-4-6-11(7-5-10)23-9-8-18(2)3/h4-7,12-13,19-20H,8-9H2,1-3H3,(H,16,21)(H,17,22). The molecule has 0 heterocycles. The molecular formula is C15H23N3O5. The van der Waals surface area contributed by atoms with Gasteiger partial charge in [-0.3, -0.25) is 9.59 Å². The third kappa shape index (κ3) is 6.23. The normalized spacial score (nSPS) is 13.3. The summed E-state index contributed by atoms with van der Waals surface area (Å²) in [5.74, 6) is -1.06. The van der Waals surface area contributed by atoms with Crippen LogP contribution in [0.2, 0.25) is 0 Å². The summed E-state index contributed by atoms with van der Waals surface area (Å²) in [6.45, 7) is 1.32. The molecule has 8 nitrogen and oxygen atoms in total. The minimum absolute atomic E-state index is 0.415. The van der Waals surface area contributed by atoms with Gasteiger partial charge in [0.2, 0.25) is 0 Å². The zero-order valence-corrected chi connectivity index (χ0v) is 13.4. The maximum Gasteiger partial charge on any atom is 0.256 e. The fourth-order valence-electron chi connectivity index (χ4n) is 1.63. The highest BCUT2D eigenvalue weighted by Gasteiger charge is 2.29. The van der Waals surface area contributed by atoms with Crippen molar-refractivity contribution < 1.29 is 24.5 Å². The van der Waals surface area contributed by atoms with E-state index < -0.39 is 24.0 Å². The van der Waals surface area contributed by atoms with Crippen LogP contribution in [0.4, 0.5) is 5.69 Å². The van der Waals surface area contributed by atoms with Crippen LogP contribution in [-0.2, 0) is 9.59 Å². The second-order valence-corrected chi connectivity index (χ2v) is 5.17. The Hall–Kier alpha value is -2.16. The van der Waals surface area contributed by atoms with Crippen molar-refractivity contribution >= 4 is 17.5 Å². The highest BCUT2D eigenvalue weighted by Crippen LogP contribution is 2.16. The molecular weight excluding hydrogens is 302 g/mol. The Kier molecular flexibility index (Phi) is 7.46. The van der Waals surface area contributed by atoms with Gasteiger partial charge < -0.3 is 30.5 Å². The fourth-order valence-corrected chi connectivity index (χ4v) is 1.63. The molecule has 1 aromatic rings. The van der Waals surface area contributed by atoms with E-state index in [0.29, 0.717) is 18.0 Å². The minimum atomic E-state index is -1.86. The van der Waals surface area contributed by atoms with Crippen LogP contribution in [0.25, 0.3) is 0 Å². The lowest BCUT2D eigenvalue weighted by molar-refractivity contribution is -0.142. The van der Waals surface area contributed by atoms with Crippen LogP contribution in [0.15, 0.2) is 24.3 Å². The van der Waals surface area contributed by atoms with Crippen LogP contribution in [0.1, 0.15) is 0 Å². The number of benzene rings is 1. The van der Waals surface area contributed by atoms with Crippen molar-refractivity contribution in [3.63, 3.8) is 0 Å². The number of carbonyl (C=O) groups excluding carboxylic acids is 2. The summed E-state index contributed by atoms with van der Waals surface area (Å²) in [5, 5.41) is 23.7. The highest BCUT2D eigenvalue weighted by atomic mass is 16.5. The quantitative estimate of drug-likeness (QED) is 0.490. The Morgan fingerprint density at radius 1 is 1.13 bits per heavy atom. The number of amides is 2. The molecule has 0 saturated carbocycles. The van der Waals surface area contributed by atoms with E-state index in [2.05, 4.69) is 10.6 Å². The molecule has 2 atom stereocenters. The SMILES string of the molecule is CNC(=O)C(O)C(O)C(=O)Nc1ccc(OCCN(C)C)cc1. The lowest BCUT2D eigenvalue weighted by Crippen LogP contribution is -2.46. The number of likely N-dealkylation sites (N-methyl/N-ethyl adjacent to an activating group) is 2. The lowest BCUT2D eigenvalue weighted by Gasteiger charge is -2.16. The zero-order valence-electron chi connectivity index (χ0n) is 13.4. The molecule has 128 valence electrons. The van der Waals surface area contributed by atoms with E-state index in [9.17, 15) is 19.8 Å². The summed E-state index contributed by atoms with van der Waals surface area (Å²) in [6, 6.07) is 6.55. The first-order valence-electron chi connectivity index (χ1n) is 7.11. The molecule has 0 aliphatic heterocycles. The maximum absolute atomic E-state index is 11.8. The van der Waals surface area contributed by atoms with E-state index in [0.717, 1.165) is 6.54 Å². The number of nitrogens with one attached hydrogen (secondary N) is 2. The van der Waals surface area contributed by atoms with Gasteiger partial charge in [0, 0.05) is 19.3 Å². The number of ether oxygens (including phenoxy) is 1. The molecule has 0 aliphatic carbocycles. The van der Waals surface area contributed by atoms with Crippen molar-refractivity contribution in [2.75, 3.05) is 39.6 Å². The third-order valence-corrected chi connectivity index (χ3v) is 3.01.